The summed E-state index contributed by atoms with van der Waals surface area (Å²) in [6.45, 7) is 7.01. The third-order valence-corrected chi connectivity index (χ3v) is 5.47. The first-order valence-electron chi connectivity index (χ1n) is 9.29. The molecule has 2 N–H and O–H groups in total. The van der Waals surface area contributed by atoms with Gasteiger partial charge in [0.25, 0.3) is 11.8 Å². The quantitative estimate of drug-likeness (QED) is 0.852. The van der Waals surface area contributed by atoms with E-state index in [0.29, 0.717) is 23.9 Å². The van der Waals surface area contributed by atoms with Gasteiger partial charge in [0.15, 0.2) is 0 Å². The molecule has 0 spiro atoms. The third kappa shape index (κ3) is 4.32. The zero-order valence-corrected chi connectivity index (χ0v) is 16.0. The van der Waals surface area contributed by atoms with E-state index in [4.69, 9.17) is 0 Å². The molecule has 0 bridgehead atoms. The molecule has 0 unspecified atom stereocenters. The van der Waals surface area contributed by atoms with Crippen LogP contribution in [0.3, 0.4) is 0 Å². The lowest BCUT2D eigenvalue weighted by Gasteiger charge is -2.31. The maximum atomic E-state index is 12.6. The van der Waals surface area contributed by atoms with E-state index in [0.717, 1.165) is 6.42 Å². The van der Waals surface area contributed by atoms with Gasteiger partial charge in [-0.1, -0.05) is 32.9 Å². The Bertz CT molecular complexity index is 792. The van der Waals surface area contributed by atoms with Gasteiger partial charge < -0.3 is 10.6 Å². The van der Waals surface area contributed by atoms with Crippen molar-refractivity contribution in [2.45, 2.75) is 33.2 Å². The molecule has 1 saturated carbocycles. The van der Waals surface area contributed by atoms with E-state index in [1.165, 1.54) is 0 Å². The number of aromatic nitrogens is 2. The molecule has 1 aliphatic rings. The fraction of sp³-hybridized carbons (Fsp3) is 0.429. The molecule has 0 saturated heterocycles. The zero-order chi connectivity index (χ0) is 19.4. The number of carbonyl (C=O) groups excluding carboxylic acids is 2. The molecule has 2 amide bonds. The fourth-order valence-electron chi connectivity index (χ4n) is 4.15. The van der Waals surface area contributed by atoms with Crippen molar-refractivity contribution in [3.8, 4) is 0 Å². The average molecular weight is 366 g/mol. The molecule has 6 nitrogen and oxygen atoms in total. The van der Waals surface area contributed by atoms with Crippen molar-refractivity contribution in [1.82, 2.24) is 20.6 Å². The SMILES string of the molecule is C[C@@H]1CC(C)(C)[C@H](CNC(=O)c2ccccn2)[C@H]1NC(=O)c1ccccn1. The normalized spacial score (nSPS) is 23.6. The number of nitrogens with one attached hydrogen (secondary N) is 2. The van der Waals surface area contributed by atoms with Crippen molar-refractivity contribution in [3.63, 3.8) is 0 Å². The summed E-state index contributed by atoms with van der Waals surface area (Å²) in [7, 11) is 0. The Labute approximate surface area is 159 Å². The van der Waals surface area contributed by atoms with Gasteiger partial charge >= 0.3 is 0 Å². The standard InChI is InChI=1S/C21H26N4O2/c1-14-12-21(2,3)15(13-24-19(26)16-8-4-6-10-22-16)18(14)25-20(27)17-9-5-7-11-23-17/h4-11,14-15,18H,12-13H2,1-3H3,(H,24,26)(H,25,27)/t14-,15-,18+/m1/s1. The van der Waals surface area contributed by atoms with Gasteiger partial charge in [-0.25, -0.2) is 0 Å². The van der Waals surface area contributed by atoms with Crippen LogP contribution in [0.4, 0.5) is 0 Å². The maximum Gasteiger partial charge on any atom is 0.270 e. The van der Waals surface area contributed by atoms with E-state index in [1.54, 1.807) is 48.8 Å². The molecule has 0 aromatic carbocycles. The Hall–Kier alpha value is -2.76. The predicted octanol–water partition coefficient (Wildman–Crippen LogP) is 2.69. The predicted molar refractivity (Wildman–Crippen MR) is 103 cm³/mol. The minimum Gasteiger partial charge on any atom is -0.350 e. The number of nitrogens with zero attached hydrogens (tertiary/aromatic N) is 2. The van der Waals surface area contributed by atoms with Crippen LogP contribution in [-0.4, -0.2) is 34.4 Å². The molecule has 0 aliphatic heterocycles. The highest BCUT2D eigenvalue weighted by Gasteiger charge is 2.46. The average Bonchev–Trinajstić information content (AvgIpc) is 2.88. The second kappa shape index (κ2) is 7.86. The summed E-state index contributed by atoms with van der Waals surface area (Å²) in [5.74, 6) is 0.0594. The summed E-state index contributed by atoms with van der Waals surface area (Å²) >= 11 is 0. The van der Waals surface area contributed by atoms with Crippen molar-refractivity contribution in [3.05, 3.63) is 60.2 Å². The van der Waals surface area contributed by atoms with Crippen LogP contribution in [0.2, 0.25) is 0 Å². The topological polar surface area (TPSA) is 84.0 Å². The van der Waals surface area contributed by atoms with E-state index >= 15 is 0 Å². The molecule has 142 valence electrons. The van der Waals surface area contributed by atoms with Crippen molar-refractivity contribution in [1.29, 1.82) is 0 Å². The smallest absolute Gasteiger partial charge is 0.270 e. The highest BCUT2D eigenvalue weighted by molar-refractivity contribution is 5.93. The summed E-state index contributed by atoms with van der Waals surface area (Å²) in [6.07, 6.45) is 4.19. The van der Waals surface area contributed by atoms with Crippen LogP contribution in [0.1, 0.15) is 48.2 Å². The molecule has 1 fully saturated rings. The van der Waals surface area contributed by atoms with Crippen LogP contribution in [0.25, 0.3) is 0 Å². The van der Waals surface area contributed by atoms with Crippen LogP contribution in [0.5, 0.6) is 0 Å². The molecule has 2 aromatic heterocycles. The Kier molecular flexibility index (Phi) is 5.54. The van der Waals surface area contributed by atoms with Crippen LogP contribution < -0.4 is 10.6 Å². The molecule has 1 aliphatic carbocycles. The summed E-state index contributed by atoms with van der Waals surface area (Å²) in [6, 6.07) is 10.5. The Morgan fingerprint density at radius 1 is 1.04 bits per heavy atom. The molecule has 2 aromatic rings. The minimum atomic E-state index is -0.194. The van der Waals surface area contributed by atoms with Gasteiger partial charge in [-0.2, -0.15) is 0 Å². The monoisotopic (exact) mass is 366 g/mol. The van der Waals surface area contributed by atoms with Crippen LogP contribution >= 0.6 is 0 Å². The van der Waals surface area contributed by atoms with Crippen LogP contribution in [-0.2, 0) is 0 Å². The first kappa shape index (κ1) is 19.0. The number of rotatable bonds is 5. The van der Waals surface area contributed by atoms with E-state index in [1.807, 2.05) is 0 Å². The van der Waals surface area contributed by atoms with Gasteiger partial charge in [0.1, 0.15) is 11.4 Å². The lowest BCUT2D eigenvalue weighted by molar-refractivity contribution is 0.0889. The first-order valence-corrected chi connectivity index (χ1v) is 9.29. The van der Waals surface area contributed by atoms with Crippen molar-refractivity contribution < 1.29 is 9.59 Å². The lowest BCUT2D eigenvalue weighted by Crippen LogP contribution is -2.47. The first-order chi connectivity index (χ1) is 12.9. The van der Waals surface area contributed by atoms with Gasteiger partial charge in [-0.15, -0.1) is 0 Å². The van der Waals surface area contributed by atoms with Crippen molar-refractivity contribution >= 4 is 11.8 Å². The van der Waals surface area contributed by atoms with Gasteiger partial charge in [0.05, 0.1) is 0 Å². The highest BCUT2D eigenvalue weighted by Crippen LogP contribution is 2.45. The fourth-order valence-corrected chi connectivity index (χ4v) is 4.15. The van der Waals surface area contributed by atoms with E-state index < -0.39 is 0 Å². The molecular weight excluding hydrogens is 340 g/mol. The zero-order valence-electron chi connectivity index (χ0n) is 16.0. The number of carbonyl (C=O) groups is 2. The molecule has 3 atom stereocenters. The second-order valence-corrected chi connectivity index (χ2v) is 7.92. The molecule has 27 heavy (non-hydrogen) atoms. The maximum absolute atomic E-state index is 12.6. The second-order valence-electron chi connectivity index (χ2n) is 7.92. The molecule has 0 radical (unpaired) electrons. The van der Waals surface area contributed by atoms with Crippen LogP contribution in [0, 0.1) is 17.3 Å². The van der Waals surface area contributed by atoms with Crippen LogP contribution in [0.15, 0.2) is 48.8 Å². The molecule has 2 heterocycles. The van der Waals surface area contributed by atoms with Gasteiger partial charge in [0.2, 0.25) is 0 Å². The van der Waals surface area contributed by atoms with E-state index in [2.05, 4.69) is 41.4 Å². The summed E-state index contributed by atoms with van der Waals surface area (Å²) in [5, 5.41) is 6.14. The third-order valence-electron chi connectivity index (χ3n) is 5.47. The Morgan fingerprint density at radius 2 is 1.63 bits per heavy atom. The summed E-state index contributed by atoms with van der Waals surface area (Å²) < 4.78 is 0. The van der Waals surface area contributed by atoms with Crippen molar-refractivity contribution in [2.75, 3.05) is 6.54 Å². The van der Waals surface area contributed by atoms with E-state index in [9.17, 15) is 9.59 Å². The van der Waals surface area contributed by atoms with Gasteiger partial charge in [0, 0.05) is 30.9 Å². The summed E-state index contributed by atoms with van der Waals surface area (Å²) in [4.78, 5) is 33.2. The number of hydrogen-bond acceptors (Lipinski definition) is 4. The molecule has 6 heteroatoms. The molecular formula is C21H26N4O2. The lowest BCUT2D eigenvalue weighted by atomic mass is 9.80. The number of hydrogen-bond donors (Lipinski definition) is 2. The summed E-state index contributed by atoms with van der Waals surface area (Å²) in [5.41, 5.74) is 0.805. The largest absolute Gasteiger partial charge is 0.350 e. The Balaban J connectivity index is 1.70. The number of pyridine rings is 2. The minimum absolute atomic E-state index is 0.00111. The van der Waals surface area contributed by atoms with Crippen molar-refractivity contribution in [2.24, 2.45) is 17.3 Å². The van der Waals surface area contributed by atoms with Gasteiger partial charge in [-0.05, 0) is 42.0 Å². The number of amides is 2. The highest BCUT2D eigenvalue weighted by atomic mass is 16.2. The van der Waals surface area contributed by atoms with E-state index in [-0.39, 0.29) is 29.2 Å². The van der Waals surface area contributed by atoms with Gasteiger partial charge in [-0.3, -0.25) is 19.6 Å². The Morgan fingerprint density at radius 3 is 2.19 bits per heavy atom. The molecule has 3 rings (SSSR count).